The van der Waals surface area contributed by atoms with Crippen molar-refractivity contribution in [2.24, 2.45) is 0 Å². The quantitative estimate of drug-likeness (QED) is 0.480. The summed E-state index contributed by atoms with van der Waals surface area (Å²) in [5.41, 5.74) is -0.158. The highest BCUT2D eigenvalue weighted by molar-refractivity contribution is 9.10. The molecule has 0 aromatic heterocycles. The second-order valence-electron chi connectivity index (χ2n) is 3.73. The molecule has 0 radical (unpaired) electrons. The fourth-order valence-corrected chi connectivity index (χ4v) is 2.48. The molecule has 0 heterocycles. The molecule has 2 aromatic carbocycles. The first kappa shape index (κ1) is 14.6. The summed E-state index contributed by atoms with van der Waals surface area (Å²) in [7, 11) is 0. The molecular formula is C13H5Br2ClF2O. The Morgan fingerprint density at radius 1 is 1.05 bits per heavy atom. The lowest BCUT2D eigenvalue weighted by Crippen LogP contribution is -2.05. The minimum Gasteiger partial charge on any atom is -0.288 e. The molecule has 6 heteroatoms. The molecule has 0 bridgehead atoms. The molecule has 98 valence electrons. The predicted molar refractivity (Wildman–Crippen MR) is 76.6 cm³/mol. The van der Waals surface area contributed by atoms with Crippen molar-refractivity contribution in [3.63, 3.8) is 0 Å². The van der Waals surface area contributed by atoms with Crippen LogP contribution in [0.25, 0.3) is 0 Å². The van der Waals surface area contributed by atoms with E-state index >= 15 is 0 Å². The first-order valence-corrected chi connectivity index (χ1v) is 7.00. The van der Waals surface area contributed by atoms with Crippen LogP contribution in [-0.4, -0.2) is 5.78 Å². The lowest BCUT2D eigenvalue weighted by atomic mass is 10.0. The van der Waals surface area contributed by atoms with Gasteiger partial charge in [-0.1, -0.05) is 27.5 Å². The highest BCUT2D eigenvalue weighted by atomic mass is 79.9. The maximum absolute atomic E-state index is 13.8. The van der Waals surface area contributed by atoms with Crippen LogP contribution in [-0.2, 0) is 0 Å². The zero-order valence-corrected chi connectivity index (χ0v) is 13.1. The van der Waals surface area contributed by atoms with Gasteiger partial charge in [0.05, 0.1) is 10.6 Å². The van der Waals surface area contributed by atoms with E-state index < -0.39 is 17.4 Å². The van der Waals surface area contributed by atoms with Crippen LogP contribution in [0, 0.1) is 11.6 Å². The van der Waals surface area contributed by atoms with Crippen molar-refractivity contribution in [1.29, 1.82) is 0 Å². The molecule has 0 saturated carbocycles. The molecule has 0 saturated heterocycles. The molecule has 1 nitrogen and oxygen atoms in total. The highest BCUT2D eigenvalue weighted by Gasteiger charge is 2.17. The van der Waals surface area contributed by atoms with Gasteiger partial charge in [-0.15, -0.1) is 0 Å². The normalized spacial score (nSPS) is 10.6. The van der Waals surface area contributed by atoms with E-state index in [2.05, 4.69) is 31.9 Å². The number of benzene rings is 2. The molecule has 0 fully saturated rings. The van der Waals surface area contributed by atoms with Gasteiger partial charge in [0.2, 0.25) is 0 Å². The third-order valence-corrected chi connectivity index (χ3v) is 4.03. The van der Waals surface area contributed by atoms with Gasteiger partial charge >= 0.3 is 0 Å². The molecule has 0 spiro atoms. The van der Waals surface area contributed by atoms with Crippen molar-refractivity contribution in [2.45, 2.75) is 0 Å². The summed E-state index contributed by atoms with van der Waals surface area (Å²) in [5, 5.41) is 0.209. The van der Waals surface area contributed by atoms with E-state index in [0.29, 0.717) is 8.95 Å². The average Bonchev–Trinajstić information content (AvgIpc) is 2.31. The van der Waals surface area contributed by atoms with Gasteiger partial charge in [0.15, 0.2) is 5.78 Å². The Bertz CT molecular complexity index is 654. The van der Waals surface area contributed by atoms with E-state index in [1.807, 2.05) is 0 Å². The molecule has 2 rings (SSSR count). The number of hydrogen-bond acceptors (Lipinski definition) is 1. The van der Waals surface area contributed by atoms with E-state index in [9.17, 15) is 13.6 Å². The van der Waals surface area contributed by atoms with Crippen molar-refractivity contribution in [3.05, 3.63) is 67.1 Å². The van der Waals surface area contributed by atoms with Gasteiger partial charge in [0, 0.05) is 14.5 Å². The monoisotopic (exact) mass is 408 g/mol. The number of ketones is 1. The van der Waals surface area contributed by atoms with Crippen molar-refractivity contribution < 1.29 is 13.6 Å². The summed E-state index contributed by atoms with van der Waals surface area (Å²) in [5.74, 6) is -1.94. The van der Waals surface area contributed by atoms with E-state index in [4.69, 9.17) is 11.6 Å². The lowest BCUT2D eigenvalue weighted by molar-refractivity contribution is 0.103. The molecule has 0 aliphatic rings. The van der Waals surface area contributed by atoms with Crippen LogP contribution >= 0.6 is 43.5 Å². The fraction of sp³-hybridized carbons (Fsp3) is 0. The predicted octanol–water partition coefficient (Wildman–Crippen LogP) is 5.37. The standard InChI is InChI=1S/C13H5Br2ClF2O/c14-7-1-6(2-8(17)3-7)13(19)9-4-11(16)10(15)5-12(9)18/h1-5H. The van der Waals surface area contributed by atoms with Crippen molar-refractivity contribution in [3.8, 4) is 0 Å². The summed E-state index contributed by atoms with van der Waals surface area (Å²) in [6, 6.07) is 5.98. The second kappa shape index (κ2) is 5.69. The van der Waals surface area contributed by atoms with Gasteiger partial charge in [-0.3, -0.25) is 4.79 Å². The summed E-state index contributed by atoms with van der Waals surface area (Å²) in [6.07, 6.45) is 0. The highest BCUT2D eigenvalue weighted by Crippen LogP contribution is 2.27. The molecule has 2 aromatic rings. The fourth-order valence-electron chi connectivity index (χ4n) is 1.54. The van der Waals surface area contributed by atoms with E-state index in [0.717, 1.165) is 12.1 Å². The molecule has 0 unspecified atom stereocenters. The molecule has 0 amide bonds. The lowest BCUT2D eigenvalue weighted by Gasteiger charge is -2.06. The first-order chi connectivity index (χ1) is 8.88. The maximum atomic E-state index is 13.8. The third kappa shape index (κ3) is 3.22. The number of rotatable bonds is 2. The molecule has 0 aliphatic carbocycles. The molecule has 0 atom stereocenters. The summed E-state index contributed by atoms with van der Waals surface area (Å²) >= 11 is 12.0. The van der Waals surface area contributed by atoms with Gasteiger partial charge < -0.3 is 0 Å². The van der Waals surface area contributed by atoms with Gasteiger partial charge in [0.25, 0.3) is 0 Å². The van der Waals surface area contributed by atoms with Crippen LogP contribution in [0.1, 0.15) is 15.9 Å². The molecule has 0 N–H and O–H groups in total. The van der Waals surface area contributed by atoms with Crippen molar-refractivity contribution in [2.75, 3.05) is 0 Å². The number of carbonyl (C=O) groups excluding carboxylic acids is 1. The Morgan fingerprint density at radius 3 is 2.37 bits per heavy atom. The van der Waals surface area contributed by atoms with Gasteiger partial charge in [0.1, 0.15) is 11.6 Å². The third-order valence-electron chi connectivity index (χ3n) is 2.38. The Labute approximate surface area is 129 Å². The van der Waals surface area contributed by atoms with Crippen molar-refractivity contribution >= 4 is 49.2 Å². The van der Waals surface area contributed by atoms with Crippen molar-refractivity contribution in [1.82, 2.24) is 0 Å². The minimum absolute atomic E-state index is 0.0455. The van der Waals surface area contributed by atoms with Crippen LogP contribution in [0.4, 0.5) is 8.78 Å². The summed E-state index contributed by atoms with van der Waals surface area (Å²) in [6.45, 7) is 0. The second-order valence-corrected chi connectivity index (χ2v) is 5.91. The molecule has 19 heavy (non-hydrogen) atoms. The number of hydrogen-bond donors (Lipinski definition) is 0. The van der Waals surface area contributed by atoms with Gasteiger partial charge in [-0.2, -0.15) is 0 Å². The van der Waals surface area contributed by atoms with Gasteiger partial charge in [-0.05, 0) is 46.3 Å². The van der Waals surface area contributed by atoms with Crippen LogP contribution < -0.4 is 0 Å². The number of halogens is 5. The van der Waals surface area contributed by atoms with Crippen LogP contribution in [0.5, 0.6) is 0 Å². The Balaban J connectivity index is 2.53. The Morgan fingerprint density at radius 2 is 1.74 bits per heavy atom. The number of carbonyl (C=O) groups is 1. The Kier molecular flexibility index (Phi) is 4.38. The van der Waals surface area contributed by atoms with E-state index in [1.54, 1.807) is 0 Å². The first-order valence-electron chi connectivity index (χ1n) is 5.04. The van der Waals surface area contributed by atoms with Crippen LogP contribution in [0.3, 0.4) is 0 Å². The Hall–Kier alpha value is -0.780. The van der Waals surface area contributed by atoms with Crippen LogP contribution in [0.2, 0.25) is 5.02 Å². The van der Waals surface area contributed by atoms with E-state index in [-0.39, 0.29) is 16.1 Å². The summed E-state index contributed by atoms with van der Waals surface area (Å²) in [4.78, 5) is 12.1. The topological polar surface area (TPSA) is 17.1 Å². The largest absolute Gasteiger partial charge is 0.288 e. The average molecular weight is 410 g/mol. The maximum Gasteiger partial charge on any atom is 0.196 e. The van der Waals surface area contributed by atoms with E-state index in [1.165, 1.54) is 18.2 Å². The van der Waals surface area contributed by atoms with Crippen LogP contribution in [0.15, 0.2) is 39.3 Å². The zero-order chi connectivity index (χ0) is 14.2. The summed E-state index contributed by atoms with van der Waals surface area (Å²) < 4.78 is 27.7. The molecule has 0 aliphatic heterocycles. The van der Waals surface area contributed by atoms with Gasteiger partial charge in [-0.25, -0.2) is 8.78 Å². The smallest absolute Gasteiger partial charge is 0.196 e. The SMILES string of the molecule is O=C(c1cc(F)cc(Br)c1)c1cc(Cl)c(Br)cc1F. The zero-order valence-electron chi connectivity index (χ0n) is 9.18. The minimum atomic E-state index is -0.721. The molecular weight excluding hydrogens is 405 g/mol.